The van der Waals surface area contributed by atoms with E-state index in [4.69, 9.17) is 14.7 Å². The van der Waals surface area contributed by atoms with Gasteiger partial charge in [0.1, 0.15) is 0 Å². The third-order valence-electron chi connectivity index (χ3n) is 9.81. The summed E-state index contributed by atoms with van der Waals surface area (Å²) in [5.41, 5.74) is 17.1. The predicted molar refractivity (Wildman–Crippen MR) is 170 cm³/mol. The van der Waals surface area contributed by atoms with Crippen LogP contribution < -0.4 is 0 Å². The minimum atomic E-state index is -0.166. The molecule has 7 heteroatoms. The molecule has 0 radical (unpaired) electrons. The lowest BCUT2D eigenvalue weighted by atomic mass is 9.85. The molecule has 0 spiro atoms. The Morgan fingerprint density at radius 3 is 2.19 bits per heavy atom. The average molecular weight is 569 g/mol. The monoisotopic (exact) mass is 568 g/mol. The molecule has 42 heavy (non-hydrogen) atoms. The SMILES string of the molecule is CCc1c(C)c2cc3[nH]c(cc4nc(c5c6nc(cc1[nH]2)C(C)=C6C(OCCO)C5)[C@@H](CCCO)[C@@H]4C)c(C)c3CC. The van der Waals surface area contributed by atoms with Crippen molar-refractivity contribution in [2.24, 2.45) is 0 Å². The highest BCUT2D eigenvalue weighted by atomic mass is 16.5. The topological polar surface area (TPSA) is 107 Å². The molecule has 7 nitrogen and oxygen atoms in total. The minimum Gasteiger partial charge on any atom is -0.396 e. The summed E-state index contributed by atoms with van der Waals surface area (Å²) in [5, 5.41) is 19.3. The molecule has 2 aliphatic heterocycles. The number of aromatic nitrogens is 4. The van der Waals surface area contributed by atoms with E-state index < -0.39 is 0 Å². The molecule has 0 fully saturated rings. The largest absolute Gasteiger partial charge is 0.396 e. The molecule has 1 aliphatic carbocycles. The van der Waals surface area contributed by atoms with E-state index in [0.29, 0.717) is 6.42 Å². The maximum Gasteiger partial charge on any atom is 0.0892 e. The van der Waals surface area contributed by atoms with Crippen LogP contribution in [0.1, 0.15) is 103 Å². The lowest BCUT2D eigenvalue weighted by Crippen LogP contribution is -2.15. The van der Waals surface area contributed by atoms with Crippen molar-refractivity contribution in [1.29, 1.82) is 0 Å². The van der Waals surface area contributed by atoms with Gasteiger partial charge in [-0.25, -0.2) is 4.98 Å². The van der Waals surface area contributed by atoms with E-state index in [-0.39, 0.29) is 37.8 Å². The molecule has 5 heterocycles. The van der Waals surface area contributed by atoms with E-state index in [2.05, 4.69) is 69.7 Å². The number of allylic oxidation sites excluding steroid dienone is 1. The summed E-state index contributed by atoms with van der Waals surface area (Å²) < 4.78 is 6.23. The molecule has 0 amide bonds. The fourth-order valence-electron chi connectivity index (χ4n) is 7.44. The van der Waals surface area contributed by atoms with Crippen molar-refractivity contribution in [3.05, 3.63) is 68.8 Å². The van der Waals surface area contributed by atoms with Crippen LogP contribution in [0, 0.1) is 13.8 Å². The number of nitrogens with zero attached hydrogens (tertiary/aromatic N) is 2. The summed E-state index contributed by atoms with van der Waals surface area (Å²) in [5.74, 6) is 0.396. The minimum absolute atomic E-state index is 0.0184. The van der Waals surface area contributed by atoms with E-state index in [1.807, 2.05) is 0 Å². The van der Waals surface area contributed by atoms with Crippen molar-refractivity contribution in [2.75, 3.05) is 19.8 Å². The zero-order valence-corrected chi connectivity index (χ0v) is 25.8. The lowest BCUT2D eigenvalue weighted by Gasteiger charge is -2.17. The second-order valence-corrected chi connectivity index (χ2v) is 12.1. The zero-order valence-electron chi connectivity index (χ0n) is 25.8. The van der Waals surface area contributed by atoms with E-state index in [9.17, 15) is 10.2 Å². The average Bonchev–Trinajstić information content (AvgIpc) is 3.73. The molecule has 1 unspecified atom stereocenters. The van der Waals surface area contributed by atoms with Crippen molar-refractivity contribution in [2.45, 2.75) is 91.6 Å². The highest BCUT2D eigenvalue weighted by molar-refractivity contribution is 5.97. The number of fused-ring (bicyclic) bond motifs is 8. The highest BCUT2D eigenvalue weighted by Gasteiger charge is 2.39. The molecule has 222 valence electrons. The van der Waals surface area contributed by atoms with Crippen molar-refractivity contribution < 1.29 is 14.9 Å². The number of hydrogen-bond acceptors (Lipinski definition) is 5. The van der Waals surface area contributed by atoms with Crippen LogP contribution in [0.15, 0.2) is 18.2 Å². The fraction of sp³-hybridized carbons (Fsp3) is 0.486. The second kappa shape index (κ2) is 11.4. The van der Waals surface area contributed by atoms with Crippen LogP contribution >= 0.6 is 0 Å². The van der Waals surface area contributed by atoms with Crippen LogP contribution in [-0.2, 0) is 24.0 Å². The maximum absolute atomic E-state index is 9.76. The molecule has 0 aromatic carbocycles. The van der Waals surface area contributed by atoms with Crippen molar-refractivity contribution >= 4 is 33.2 Å². The highest BCUT2D eigenvalue weighted by Crippen LogP contribution is 2.48. The van der Waals surface area contributed by atoms with Gasteiger partial charge in [0.05, 0.1) is 30.7 Å². The number of nitrogens with one attached hydrogen (secondary N) is 2. The smallest absolute Gasteiger partial charge is 0.0892 e. The Labute approximate surface area is 248 Å². The molecule has 3 atom stereocenters. The Bertz CT molecular complexity index is 1730. The van der Waals surface area contributed by atoms with E-state index >= 15 is 0 Å². The van der Waals surface area contributed by atoms with Crippen LogP contribution in [0.25, 0.3) is 33.2 Å². The van der Waals surface area contributed by atoms with Gasteiger partial charge in [-0.2, -0.15) is 0 Å². The van der Waals surface area contributed by atoms with Gasteiger partial charge in [0.25, 0.3) is 0 Å². The third kappa shape index (κ3) is 4.62. The summed E-state index contributed by atoms with van der Waals surface area (Å²) in [6.45, 7) is 13.7. The number of aromatic amines is 2. The molecule has 3 aliphatic rings. The van der Waals surface area contributed by atoms with Gasteiger partial charge in [-0.05, 0) is 92.5 Å². The van der Waals surface area contributed by atoms with Gasteiger partial charge in [-0.15, -0.1) is 0 Å². The Kier molecular flexibility index (Phi) is 7.85. The third-order valence-corrected chi connectivity index (χ3v) is 9.81. The number of ether oxygens (including phenoxy) is 1. The summed E-state index contributed by atoms with van der Waals surface area (Å²) in [7, 11) is 0. The van der Waals surface area contributed by atoms with E-state index in [1.165, 1.54) is 22.3 Å². The Morgan fingerprint density at radius 1 is 0.881 bits per heavy atom. The Balaban J connectivity index is 1.75. The zero-order chi connectivity index (χ0) is 29.7. The summed E-state index contributed by atoms with van der Waals surface area (Å²) in [4.78, 5) is 18.1. The summed E-state index contributed by atoms with van der Waals surface area (Å²) in [6, 6.07) is 6.70. The first-order valence-corrected chi connectivity index (χ1v) is 15.6. The fourth-order valence-corrected chi connectivity index (χ4v) is 7.44. The molecule has 8 bridgehead atoms. The van der Waals surface area contributed by atoms with Gasteiger partial charge < -0.3 is 24.9 Å². The standard InChI is InChI=1S/C35H44N4O3/c1-7-22-18(3)26-15-28-20(5)24(10-9-11-40)34(38-28)25-14-32(42-13-12-41)33-21(6)29(39-35(25)33)17-31-23(8-2)19(4)27(37-31)16-30(22)36-26/h15-17,20,24,32,36-37,40-41H,7-14H2,1-6H3/t20-,24-,32?/m0/s1. The first-order valence-electron chi connectivity index (χ1n) is 15.6. The lowest BCUT2D eigenvalue weighted by molar-refractivity contribution is 0.0628. The van der Waals surface area contributed by atoms with Gasteiger partial charge in [-0.3, -0.25) is 4.98 Å². The van der Waals surface area contributed by atoms with Gasteiger partial charge in [0.15, 0.2) is 0 Å². The number of H-pyrrole nitrogens is 2. The normalized spacial score (nSPS) is 19.8. The molecule has 0 saturated heterocycles. The van der Waals surface area contributed by atoms with Gasteiger partial charge in [0, 0.05) is 69.5 Å². The predicted octanol–water partition coefficient (Wildman–Crippen LogP) is 6.58. The van der Waals surface area contributed by atoms with Gasteiger partial charge in [0.2, 0.25) is 0 Å². The Morgan fingerprint density at radius 2 is 1.55 bits per heavy atom. The number of hydrogen-bond donors (Lipinski definition) is 4. The maximum atomic E-state index is 9.76. The Hall–Kier alpha value is -3.26. The van der Waals surface area contributed by atoms with Crippen molar-refractivity contribution in [3.8, 4) is 0 Å². The van der Waals surface area contributed by atoms with Crippen LogP contribution in [0.4, 0.5) is 0 Å². The molecular formula is C35H44N4O3. The van der Waals surface area contributed by atoms with Crippen molar-refractivity contribution in [3.63, 3.8) is 0 Å². The van der Waals surface area contributed by atoms with Gasteiger partial charge in [-0.1, -0.05) is 20.8 Å². The number of aryl methyl sites for hydroxylation is 4. The second-order valence-electron chi connectivity index (χ2n) is 12.1. The number of rotatable bonds is 8. The van der Waals surface area contributed by atoms with E-state index in [0.717, 1.165) is 87.2 Å². The van der Waals surface area contributed by atoms with E-state index in [1.54, 1.807) is 0 Å². The summed E-state index contributed by atoms with van der Waals surface area (Å²) in [6.07, 6.45) is 3.98. The van der Waals surface area contributed by atoms with Crippen LogP contribution in [-0.4, -0.2) is 56.1 Å². The summed E-state index contributed by atoms with van der Waals surface area (Å²) >= 11 is 0. The number of aliphatic hydroxyl groups is 2. The first-order chi connectivity index (χ1) is 20.3. The first kappa shape index (κ1) is 28.8. The van der Waals surface area contributed by atoms with Crippen molar-refractivity contribution in [1.82, 2.24) is 19.9 Å². The van der Waals surface area contributed by atoms with Crippen LogP contribution in [0.5, 0.6) is 0 Å². The molecule has 6 rings (SSSR count). The molecule has 3 aromatic heterocycles. The number of aliphatic hydroxyl groups excluding tert-OH is 2. The quantitative estimate of drug-likeness (QED) is 0.246. The molecule has 0 saturated carbocycles. The van der Waals surface area contributed by atoms with Crippen LogP contribution in [0.3, 0.4) is 0 Å². The molecule has 3 aromatic rings. The van der Waals surface area contributed by atoms with Crippen LogP contribution in [0.2, 0.25) is 0 Å². The molecule has 4 N–H and O–H groups in total. The molecular weight excluding hydrogens is 524 g/mol. The van der Waals surface area contributed by atoms with Gasteiger partial charge >= 0.3 is 0 Å².